The lowest BCUT2D eigenvalue weighted by Crippen LogP contribution is -2.59. The van der Waals surface area contributed by atoms with E-state index in [-0.39, 0.29) is 17.4 Å². The molecule has 0 spiro atoms. The van der Waals surface area contributed by atoms with Crippen LogP contribution in [0.4, 0.5) is 4.79 Å². The van der Waals surface area contributed by atoms with Gasteiger partial charge in [-0.15, -0.1) is 0 Å². The molecule has 0 saturated heterocycles. The first-order valence-corrected chi connectivity index (χ1v) is 11.8. The van der Waals surface area contributed by atoms with Crippen molar-refractivity contribution in [1.29, 1.82) is 0 Å². The Labute approximate surface area is 176 Å². The Morgan fingerprint density at radius 1 is 1.14 bits per heavy atom. The summed E-state index contributed by atoms with van der Waals surface area (Å²) in [5.74, 6) is 2.92. The Hall–Kier alpha value is -1.52. The van der Waals surface area contributed by atoms with Gasteiger partial charge < -0.3 is 15.5 Å². The molecule has 0 aromatic heterocycles. The number of fused-ring (bicyclic) bond motifs is 5. The normalized spacial score (nSPS) is 43.4. The highest BCUT2D eigenvalue weighted by Crippen LogP contribution is 2.65. The number of hydrogen-bond donors (Lipinski definition) is 2. The van der Waals surface area contributed by atoms with Gasteiger partial charge in [0.1, 0.15) is 0 Å². The van der Waals surface area contributed by atoms with Crippen LogP contribution in [-0.4, -0.2) is 43.0 Å². The number of amides is 3. The van der Waals surface area contributed by atoms with Gasteiger partial charge in [0, 0.05) is 31.6 Å². The summed E-state index contributed by atoms with van der Waals surface area (Å²) >= 11 is 0. The molecule has 162 valence electrons. The van der Waals surface area contributed by atoms with Gasteiger partial charge in [0.05, 0.1) is 0 Å². The highest BCUT2D eigenvalue weighted by Gasteiger charge is 2.60. The highest BCUT2D eigenvalue weighted by atomic mass is 16.2. The zero-order valence-electron chi connectivity index (χ0n) is 18.7. The maximum absolute atomic E-state index is 12.2. The number of likely N-dealkylation sites (N-methyl/N-ethyl adjacent to an activating group) is 1. The van der Waals surface area contributed by atoms with E-state index in [1.807, 2.05) is 18.0 Å². The van der Waals surface area contributed by atoms with E-state index in [1.165, 1.54) is 32.1 Å². The van der Waals surface area contributed by atoms with Gasteiger partial charge in [0.2, 0.25) is 5.91 Å². The van der Waals surface area contributed by atoms with Crippen molar-refractivity contribution >= 4 is 11.9 Å². The SMILES string of the molecule is CCCNC(=O)NCC1CC[C@H]2[C@@H]3CC[C@H]4N(C)C(=O)C=C[C@]4(C)[C@H]3CC[C@]12C. The van der Waals surface area contributed by atoms with Crippen molar-refractivity contribution in [2.75, 3.05) is 20.1 Å². The van der Waals surface area contributed by atoms with E-state index in [0.29, 0.717) is 23.3 Å². The molecular weight excluding hydrogens is 362 g/mol. The molecule has 4 rings (SSSR count). The molecule has 1 heterocycles. The molecule has 5 nitrogen and oxygen atoms in total. The monoisotopic (exact) mass is 401 g/mol. The zero-order valence-corrected chi connectivity index (χ0v) is 18.7. The van der Waals surface area contributed by atoms with Crippen LogP contribution in [0, 0.1) is 34.5 Å². The summed E-state index contributed by atoms with van der Waals surface area (Å²) in [4.78, 5) is 26.3. The number of nitrogens with one attached hydrogen (secondary N) is 2. The molecule has 3 amide bonds. The molecule has 1 aliphatic heterocycles. The van der Waals surface area contributed by atoms with E-state index in [2.05, 4.69) is 37.5 Å². The first-order valence-electron chi connectivity index (χ1n) is 11.8. The molecule has 0 bridgehead atoms. The van der Waals surface area contributed by atoms with Crippen molar-refractivity contribution in [2.24, 2.45) is 34.5 Å². The minimum Gasteiger partial charge on any atom is -0.338 e. The zero-order chi connectivity index (χ0) is 20.8. The lowest BCUT2D eigenvalue weighted by molar-refractivity contribution is -0.138. The summed E-state index contributed by atoms with van der Waals surface area (Å²) in [5, 5.41) is 6.09. The van der Waals surface area contributed by atoms with Crippen molar-refractivity contribution in [2.45, 2.75) is 71.8 Å². The smallest absolute Gasteiger partial charge is 0.314 e. The quantitative estimate of drug-likeness (QED) is 0.749. The van der Waals surface area contributed by atoms with Crippen molar-refractivity contribution in [3.63, 3.8) is 0 Å². The number of carbonyl (C=O) groups excluding carboxylic acids is 2. The summed E-state index contributed by atoms with van der Waals surface area (Å²) in [6, 6.07) is 0.340. The summed E-state index contributed by atoms with van der Waals surface area (Å²) in [7, 11) is 1.99. The van der Waals surface area contributed by atoms with E-state index >= 15 is 0 Å². The number of carbonyl (C=O) groups is 2. The molecule has 4 aliphatic rings. The highest BCUT2D eigenvalue weighted by molar-refractivity contribution is 5.89. The van der Waals surface area contributed by atoms with Crippen LogP contribution in [0.5, 0.6) is 0 Å². The van der Waals surface area contributed by atoms with Gasteiger partial charge in [0.25, 0.3) is 0 Å². The van der Waals surface area contributed by atoms with Crippen LogP contribution in [0.25, 0.3) is 0 Å². The van der Waals surface area contributed by atoms with Crippen LogP contribution in [0.3, 0.4) is 0 Å². The van der Waals surface area contributed by atoms with Crippen LogP contribution in [0.15, 0.2) is 12.2 Å². The van der Waals surface area contributed by atoms with Crippen LogP contribution >= 0.6 is 0 Å². The van der Waals surface area contributed by atoms with E-state index in [0.717, 1.165) is 37.8 Å². The standard InChI is InChI=1S/C24H39N3O2/c1-5-14-25-22(29)26-15-16-6-8-18-17-7-9-20-24(3,13-11-21(28)27(20)4)19(17)10-12-23(16,18)2/h11,13,16-20H,5-10,12,14-15H2,1-4H3,(H2,25,26,29)/t16?,17-,18-,19-,20+,23+,24+/m0/s1. The second-order valence-electron chi connectivity index (χ2n) is 10.6. The third-order valence-electron chi connectivity index (χ3n) is 9.37. The first kappa shape index (κ1) is 20.7. The average Bonchev–Trinajstić information content (AvgIpc) is 3.04. The molecule has 5 heteroatoms. The molecular formula is C24H39N3O2. The van der Waals surface area contributed by atoms with Crippen LogP contribution in [0.1, 0.15) is 65.7 Å². The molecule has 3 fully saturated rings. The molecule has 0 radical (unpaired) electrons. The average molecular weight is 402 g/mol. The predicted octanol–water partition coefficient (Wildman–Crippen LogP) is 3.95. The molecule has 0 aromatic rings. The summed E-state index contributed by atoms with van der Waals surface area (Å²) in [6.07, 6.45) is 12.4. The molecule has 3 saturated carbocycles. The number of rotatable bonds is 4. The second kappa shape index (κ2) is 7.63. The minimum atomic E-state index is -0.0133. The molecule has 0 aromatic carbocycles. The van der Waals surface area contributed by atoms with Gasteiger partial charge in [-0.25, -0.2) is 4.79 Å². The van der Waals surface area contributed by atoms with Gasteiger partial charge in [0.15, 0.2) is 0 Å². The second-order valence-corrected chi connectivity index (χ2v) is 10.6. The Morgan fingerprint density at radius 2 is 1.93 bits per heavy atom. The fourth-order valence-electron chi connectivity index (χ4n) is 7.70. The van der Waals surface area contributed by atoms with E-state index in [9.17, 15) is 9.59 Å². The maximum Gasteiger partial charge on any atom is 0.314 e. The van der Waals surface area contributed by atoms with Crippen molar-refractivity contribution < 1.29 is 9.59 Å². The third kappa shape index (κ3) is 3.29. The number of hydrogen-bond acceptors (Lipinski definition) is 2. The van der Waals surface area contributed by atoms with E-state index in [4.69, 9.17) is 0 Å². The largest absolute Gasteiger partial charge is 0.338 e. The molecule has 29 heavy (non-hydrogen) atoms. The van der Waals surface area contributed by atoms with Crippen molar-refractivity contribution in [3.8, 4) is 0 Å². The van der Waals surface area contributed by atoms with Crippen LogP contribution in [0.2, 0.25) is 0 Å². The Bertz CT molecular complexity index is 692. The predicted molar refractivity (Wildman–Crippen MR) is 115 cm³/mol. The van der Waals surface area contributed by atoms with Gasteiger partial charge in [-0.2, -0.15) is 0 Å². The topological polar surface area (TPSA) is 61.4 Å². The van der Waals surface area contributed by atoms with Crippen LogP contribution in [-0.2, 0) is 4.79 Å². The lowest BCUT2D eigenvalue weighted by atomic mass is 9.47. The summed E-state index contributed by atoms with van der Waals surface area (Å²) in [6.45, 7) is 8.52. The van der Waals surface area contributed by atoms with Gasteiger partial charge in [-0.1, -0.05) is 26.8 Å². The Balaban J connectivity index is 1.47. The summed E-state index contributed by atoms with van der Waals surface area (Å²) < 4.78 is 0. The molecule has 2 N–H and O–H groups in total. The maximum atomic E-state index is 12.2. The van der Waals surface area contributed by atoms with Gasteiger partial charge >= 0.3 is 6.03 Å². The first-order chi connectivity index (χ1) is 13.8. The third-order valence-corrected chi connectivity index (χ3v) is 9.37. The Morgan fingerprint density at radius 3 is 2.69 bits per heavy atom. The fraction of sp³-hybridized carbons (Fsp3) is 0.833. The van der Waals surface area contributed by atoms with E-state index in [1.54, 1.807) is 0 Å². The van der Waals surface area contributed by atoms with Gasteiger partial charge in [-0.05, 0) is 80.1 Å². The molecule has 3 aliphatic carbocycles. The Kier molecular flexibility index (Phi) is 5.45. The fourth-order valence-corrected chi connectivity index (χ4v) is 7.70. The minimum absolute atomic E-state index is 0.0133. The van der Waals surface area contributed by atoms with Gasteiger partial charge in [-0.3, -0.25) is 4.79 Å². The molecule has 7 atom stereocenters. The van der Waals surface area contributed by atoms with Crippen molar-refractivity contribution in [1.82, 2.24) is 15.5 Å². The number of urea groups is 1. The van der Waals surface area contributed by atoms with E-state index < -0.39 is 0 Å². The van der Waals surface area contributed by atoms with Crippen molar-refractivity contribution in [3.05, 3.63) is 12.2 Å². The number of nitrogens with zero attached hydrogens (tertiary/aromatic N) is 1. The van der Waals surface area contributed by atoms with Crippen LogP contribution < -0.4 is 10.6 Å². The lowest BCUT2D eigenvalue weighted by Gasteiger charge is -2.60. The summed E-state index contributed by atoms with van der Waals surface area (Å²) in [5.41, 5.74) is 0.450. The molecule has 1 unspecified atom stereocenters.